The number of thiophene rings is 1. The smallest absolute Gasteiger partial charge is 0.0602 e. The first-order valence-corrected chi connectivity index (χ1v) is 20.1. The molecular formula is C48H30N2SSe. The molecule has 0 aliphatic heterocycles. The summed E-state index contributed by atoms with van der Waals surface area (Å²) < 4.78 is 7.91. The normalized spacial score (nSPS) is 11.8. The van der Waals surface area contributed by atoms with Crippen LogP contribution < -0.4 is 4.90 Å². The van der Waals surface area contributed by atoms with E-state index in [9.17, 15) is 0 Å². The minimum atomic E-state index is 0.328. The van der Waals surface area contributed by atoms with Crippen LogP contribution in [-0.4, -0.2) is 19.1 Å². The second-order valence-corrected chi connectivity index (χ2v) is 16.7. The first kappa shape index (κ1) is 29.8. The van der Waals surface area contributed by atoms with Gasteiger partial charge in [0.1, 0.15) is 0 Å². The molecule has 2 nitrogen and oxygen atoms in total. The van der Waals surface area contributed by atoms with E-state index in [0.29, 0.717) is 14.5 Å². The van der Waals surface area contributed by atoms with Crippen LogP contribution in [-0.2, 0) is 0 Å². The van der Waals surface area contributed by atoms with Crippen molar-refractivity contribution in [1.82, 2.24) is 4.57 Å². The number of benzene rings is 8. The van der Waals surface area contributed by atoms with Gasteiger partial charge in [0, 0.05) is 11.1 Å². The minimum absolute atomic E-state index is 0.328. The standard InChI is InChI=1S/C48H30N2SSe/c1-2-11-33(12-3-1)50-41-16-7-4-13-36(41)39-29-32(23-27-42(39)50)31-21-24-34(25-22-31)49(35-26-28-47-40(30-35)37-14-6-9-20-46(37)52-47)43-17-10-19-45-48(43)38-15-5-8-18-44(38)51-45/h1-30H. The van der Waals surface area contributed by atoms with Gasteiger partial charge in [0.05, 0.1) is 11.0 Å². The van der Waals surface area contributed by atoms with Crippen LogP contribution in [0.5, 0.6) is 0 Å². The van der Waals surface area contributed by atoms with Gasteiger partial charge in [0.2, 0.25) is 0 Å². The quantitative estimate of drug-likeness (QED) is 0.159. The summed E-state index contributed by atoms with van der Waals surface area (Å²) >= 11 is 2.20. The Hall–Kier alpha value is -5.90. The summed E-state index contributed by atoms with van der Waals surface area (Å²) in [7, 11) is 0. The number of hydrogen-bond acceptors (Lipinski definition) is 2. The van der Waals surface area contributed by atoms with Crippen molar-refractivity contribution in [2.45, 2.75) is 0 Å². The summed E-state index contributed by atoms with van der Waals surface area (Å²) in [4.78, 5) is 2.47. The molecule has 0 amide bonds. The summed E-state index contributed by atoms with van der Waals surface area (Å²) in [5.41, 5.74) is 9.55. The molecule has 0 saturated carbocycles. The fraction of sp³-hybridized carbons (Fsp3) is 0. The third-order valence-corrected chi connectivity index (χ3v) is 13.9. The van der Waals surface area contributed by atoms with E-state index < -0.39 is 0 Å². The summed E-state index contributed by atoms with van der Waals surface area (Å²) in [5, 5.41) is 7.87. The fourth-order valence-corrected chi connectivity index (χ4v) is 11.4. The summed E-state index contributed by atoms with van der Waals surface area (Å²) in [6.45, 7) is 0. The zero-order valence-corrected chi connectivity index (χ0v) is 30.6. The SMILES string of the molecule is c1ccc(-n2c3ccccc3c3cc(-c4ccc(N(c5ccc6[se]c7ccccc7c6c5)c5cccc6sc7ccccc7c56)cc4)ccc32)cc1. The molecular weight excluding hydrogens is 716 g/mol. The zero-order valence-electron chi connectivity index (χ0n) is 28.0. The summed E-state index contributed by atoms with van der Waals surface area (Å²) in [6.07, 6.45) is 0. The molecule has 11 aromatic rings. The summed E-state index contributed by atoms with van der Waals surface area (Å²) in [5.74, 6) is 0. The van der Waals surface area contributed by atoms with Crippen molar-refractivity contribution in [2.24, 2.45) is 0 Å². The Labute approximate surface area is 310 Å². The van der Waals surface area contributed by atoms with Crippen molar-refractivity contribution < 1.29 is 0 Å². The number of rotatable bonds is 5. The van der Waals surface area contributed by atoms with Gasteiger partial charge in [-0.25, -0.2) is 0 Å². The van der Waals surface area contributed by atoms with Crippen LogP contribution in [0.3, 0.4) is 0 Å². The topological polar surface area (TPSA) is 8.17 Å². The van der Waals surface area contributed by atoms with E-state index >= 15 is 0 Å². The van der Waals surface area contributed by atoms with Crippen LogP contribution in [0.1, 0.15) is 0 Å². The maximum atomic E-state index is 2.47. The van der Waals surface area contributed by atoms with Gasteiger partial charge >= 0.3 is 231 Å². The Bertz CT molecular complexity index is 3130. The predicted octanol–water partition coefficient (Wildman–Crippen LogP) is 13.7. The minimum Gasteiger partial charge on any atom is -0.0602 e. The molecule has 0 bridgehead atoms. The Morgan fingerprint density at radius 3 is 1.98 bits per heavy atom. The van der Waals surface area contributed by atoms with Crippen LogP contribution in [0.15, 0.2) is 182 Å². The molecule has 4 heteroatoms. The van der Waals surface area contributed by atoms with Gasteiger partial charge in [-0.2, -0.15) is 0 Å². The molecule has 3 heterocycles. The number of hydrogen-bond donors (Lipinski definition) is 0. The molecule has 0 atom stereocenters. The molecule has 0 aliphatic carbocycles. The van der Waals surface area contributed by atoms with Crippen LogP contribution in [0.25, 0.3) is 78.1 Å². The molecule has 244 valence electrons. The molecule has 0 saturated heterocycles. The monoisotopic (exact) mass is 746 g/mol. The zero-order chi connectivity index (χ0) is 34.2. The molecule has 0 N–H and O–H groups in total. The summed E-state index contributed by atoms with van der Waals surface area (Å²) in [6, 6.07) is 67.1. The first-order chi connectivity index (χ1) is 25.8. The van der Waals surface area contributed by atoms with Crippen molar-refractivity contribution in [3.63, 3.8) is 0 Å². The van der Waals surface area contributed by atoms with Crippen molar-refractivity contribution in [3.8, 4) is 16.8 Å². The molecule has 3 aromatic heterocycles. The van der Waals surface area contributed by atoms with Gasteiger partial charge in [-0.05, 0) is 18.2 Å². The van der Waals surface area contributed by atoms with E-state index in [1.54, 1.807) is 0 Å². The first-order valence-electron chi connectivity index (χ1n) is 17.6. The molecule has 52 heavy (non-hydrogen) atoms. The van der Waals surface area contributed by atoms with E-state index in [2.05, 4.69) is 191 Å². The van der Waals surface area contributed by atoms with Crippen LogP contribution in [0, 0.1) is 0 Å². The molecule has 0 radical (unpaired) electrons. The third-order valence-electron chi connectivity index (χ3n) is 10.4. The average molecular weight is 746 g/mol. The Balaban J connectivity index is 1.08. The second kappa shape index (κ2) is 11.8. The van der Waals surface area contributed by atoms with Crippen molar-refractivity contribution in [3.05, 3.63) is 182 Å². The van der Waals surface area contributed by atoms with Crippen LogP contribution >= 0.6 is 11.3 Å². The van der Waals surface area contributed by atoms with Crippen molar-refractivity contribution in [1.29, 1.82) is 0 Å². The van der Waals surface area contributed by atoms with Crippen LogP contribution in [0.4, 0.5) is 17.1 Å². The van der Waals surface area contributed by atoms with Crippen molar-refractivity contribution >= 4 is 104 Å². The number of aromatic nitrogens is 1. The van der Waals surface area contributed by atoms with E-state index in [0.717, 1.165) is 5.69 Å². The van der Waals surface area contributed by atoms with E-state index in [1.807, 2.05) is 11.3 Å². The van der Waals surface area contributed by atoms with Gasteiger partial charge in [-0.1, -0.05) is 36.4 Å². The van der Waals surface area contributed by atoms with Gasteiger partial charge in [-0.3, -0.25) is 0 Å². The number of para-hydroxylation sites is 2. The van der Waals surface area contributed by atoms with E-state index in [-0.39, 0.29) is 0 Å². The maximum absolute atomic E-state index is 2.47. The molecule has 0 unspecified atom stereocenters. The Morgan fingerprint density at radius 1 is 0.423 bits per heavy atom. The molecule has 0 aliphatic rings. The van der Waals surface area contributed by atoms with E-state index in [4.69, 9.17) is 0 Å². The third kappa shape index (κ3) is 4.62. The van der Waals surface area contributed by atoms with Crippen molar-refractivity contribution in [2.75, 3.05) is 4.90 Å². The van der Waals surface area contributed by atoms with E-state index in [1.165, 1.54) is 89.5 Å². The Kier molecular flexibility index (Phi) is 6.78. The predicted molar refractivity (Wildman–Crippen MR) is 226 cm³/mol. The van der Waals surface area contributed by atoms with Gasteiger partial charge in [0.25, 0.3) is 0 Å². The average Bonchev–Trinajstić information content (AvgIpc) is 3.88. The number of fused-ring (bicyclic) bond motifs is 9. The number of anilines is 3. The molecule has 11 rings (SSSR count). The van der Waals surface area contributed by atoms with Gasteiger partial charge in [0.15, 0.2) is 0 Å². The van der Waals surface area contributed by atoms with Crippen LogP contribution in [0.2, 0.25) is 0 Å². The molecule has 0 spiro atoms. The molecule has 8 aromatic carbocycles. The molecule has 0 fully saturated rings. The number of nitrogens with zero attached hydrogens (tertiary/aromatic N) is 2. The van der Waals surface area contributed by atoms with Gasteiger partial charge in [-0.15, -0.1) is 0 Å². The second-order valence-electron chi connectivity index (χ2n) is 13.3. The Morgan fingerprint density at radius 2 is 1.10 bits per heavy atom. The fourth-order valence-electron chi connectivity index (χ4n) is 8.03. The van der Waals surface area contributed by atoms with Gasteiger partial charge < -0.3 is 4.57 Å².